The Morgan fingerprint density at radius 2 is 1.71 bits per heavy atom. The first-order chi connectivity index (χ1) is 11.5. The topological polar surface area (TPSA) is 31.4 Å². The van der Waals surface area contributed by atoms with Crippen LogP contribution in [0.1, 0.15) is 16.7 Å². The van der Waals surface area contributed by atoms with Crippen LogP contribution in [0.25, 0.3) is 10.8 Å². The van der Waals surface area contributed by atoms with E-state index in [0.717, 1.165) is 22.1 Å². The summed E-state index contributed by atoms with van der Waals surface area (Å²) in [6, 6.07) is 7.50. The van der Waals surface area contributed by atoms with E-state index in [1.807, 2.05) is 6.92 Å². The normalized spacial score (nSPS) is 10.9. The van der Waals surface area contributed by atoms with Gasteiger partial charge >= 0.3 is 0 Å². The Morgan fingerprint density at radius 1 is 0.958 bits per heavy atom. The lowest BCUT2D eigenvalue weighted by Crippen LogP contribution is -2.02. The summed E-state index contributed by atoms with van der Waals surface area (Å²) in [6.45, 7) is 1.93. The fraction of sp³-hybridized carbons (Fsp3) is 0.211. The first kappa shape index (κ1) is 16.2. The Balaban J connectivity index is 2.25. The van der Waals surface area contributed by atoms with Crippen molar-refractivity contribution in [2.75, 3.05) is 14.2 Å². The lowest BCUT2D eigenvalue weighted by atomic mass is 9.94. The van der Waals surface area contributed by atoms with E-state index in [1.165, 1.54) is 24.4 Å². The van der Waals surface area contributed by atoms with Crippen LogP contribution in [0.4, 0.5) is 8.78 Å². The minimum Gasteiger partial charge on any atom is -0.496 e. The molecule has 0 spiro atoms. The molecule has 0 bridgehead atoms. The maximum absolute atomic E-state index is 13.7. The first-order valence-electron chi connectivity index (χ1n) is 7.48. The Hall–Kier alpha value is -2.69. The lowest BCUT2D eigenvalue weighted by Gasteiger charge is -2.19. The summed E-state index contributed by atoms with van der Waals surface area (Å²) < 4.78 is 37.9. The summed E-state index contributed by atoms with van der Waals surface area (Å²) >= 11 is 0. The fourth-order valence-corrected chi connectivity index (χ4v) is 3.00. The van der Waals surface area contributed by atoms with Crippen molar-refractivity contribution in [1.29, 1.82) is 0 Å². The van der Waals surface area contributed by atoms with Gasteiger partial charge in [-0.2, -0.15) is 4.39 Å². The summed E-state index contributed by atoms with van der Waals surface area (Å²) in [5, 5.41) is 1.43. The highest BCUT2D eigenvalue weighted by Crippen LogP contribution is 2.41. The van der Waals surface area contributed by atoms with Gasteiger partial charge in [-0.05, 0) is 42.3 Å². The third-order valence-corrected chi connectivity index (χ3v) is 4.12. The van der Waals surface area contributed by atoms with E-state index in [0.29, 0.717) is 23.3 Å². The zero-order valence-electron chi connectivity index (χ0n) is 13.7. The number of hydrogen-bond donors (Lipinski definition) is 0. The second-order valence-electron chi connectivity index (χ2n) is 5.53. The monoisotopic (exact) mass is 329 g/mol. The predicted octanol–water partition coefficient (Wildman–Crippen LogP) is 4.43. The molecule has 0 atom stereocenters. The van der Waals surface area contributed by atoms with E-state index in [4.69, 9.17) is 9.47 Å². The fourth-order valence-electron chi connectivity index (χ4n) is 3.00. The Morgan fingerprint density at radius 3 is 2.33 bits per heavy atom. The van der Waals surface area contributed by atoms with E-state index >= 15 is 0 Å². The second kappa shape index (κ2) is 6.43. The van der Waals surface area contributed by atoms with E-state index in [2.05, 4.69) is 4.98 Å². The minimum atomic E-state index is -0.527. The van der Waals surface area contributed by atoms with Crippen molar-refractivity contribution in [3.63, 3.8) is 0 Å². The molecule has 3 nitrogen and oxygen atoms in total. The molecule has 0 saturated carbocycles. The number of halogens is 2. The molecule has 5 heteroatoms. The average Bonchev–Trinajstić information content (AvgIpc) is 2.58. The van der Waals surface area contributed by atoms with Crippen LogP contribution in [0.3, 0.4) is 0 Å². The summed E-state index contributed by atoms with van der Waals surface area (Å²) in [5.74, 6) is 0.393. The van der Waals surface area contributed by atoms with Gasteiger partial charge in [0.05, 0.1) is 14.2 Å². The molecule has 0 aliphatic heterocycles. The van der Waals surface area contributed by atoms with Gasteiger partial charge < -0.3 is 9.47 Å². The van der Waals surface area contributed by atoms with Gasteiger partial charge in [0.1, 0.15) is 17.3 Å². The van der Waals surface area contributed by atoms with Crippen molar-refractivity contribution in [2.24, 2.45) is 0 Å². The van der Waals surface area contributed by atoms with Gasteiger partial charge in [0.15, 0.2) is 0 Å². The number of benzene rings is 2. The molecule has 0 saturated heterocycles. The molecule has 24 heavy (non-hydrogen) atoms. The number of hydrogen-bond acceptors (Lipinski definition) is 3. The van der Waals surface area contributed by atoms with E-state index in [1.54, 1.807) is 26.4 Å². The highest BCUT2D eigenvalue weighted by molar-refractivity contribution is 5.96. The van der Waals surface area contributed by atoms with Gasteiger partial charge in [-0.3, -0.25) is 0 Å². The number of nitrogens with zero attached hydrogens (tertiary/aromatic N) is 1. The minimum absolute atomic E-state index is 0.346. The number of ether oxygens (including phenoxy) is 2. The predicted molar refractivity (Wildman–Crippen MR) is 88.7 cm³/mol. The number of methoxy groups -OCH3 is 2. The van der Waals surface area contributed by atoms with Crippen LogP contribution in [0.5, 0.6) is 11.5 Å². The Labute approximate surface area is 138 Å². The van der Waals surface area contributed by atoms with Crippen LogP contribution >= 0.6 is 0 Å². The Bertz CT molecular complexity index is 892. The van der Waals surface area contributed by atoms with Gasteiger partial charge in [-0.25, -0.2) is 9.37 Å². The highest BCUT2D eigenvalue weighted by atomic mass is 19.1. The second-order valence-corrected chi connectivity index (χ2v) is 5.53. The SMILES string of the molecule is COc1c(C)c(Cc2ccc(F)nc2)c(OC)c2cc(F)ccc12. The zero-order valence-corrected chi connectivity index (χ0v) is 13.7. The van der Waals surface area contributed by atoms with Crippen LogP contribution in [0.15, 0.2) is 36.5 Å². The van der Waals surface area contributed by atoms with E-state index in [-0.39, 0.29) is 5.82 Å². The molecule has 0 aliphatic rings. The maximum atomic E-state index is 13.7. The molecule has 124 valence electrons. The third-order valence-electron chi connectivity index (χ3n) is 4.12. The average molecular weight is 329 g/mol. The molecule has 0 aliphatic carbocycles. The van der Waals surface area contributed by atoms with Gasteiger partial charge in [-0.1, -0.05) is 6.07 Å². The molecule has 0 fully saturated rings. The first-order valence-corrected chi connectivity index (χ1v) is 7.48. The van der Waals surface area contributed by atoms with Crippen LogP contribution in [-0.4, -0.2) is 19.2 Å². The van der Waals surface area contributed by atoms with Crippen LogP contribution in [0, 0.1) is 18.7 Å². The molecule has 2 aromatic carbocycles. The Kier molecular flexibility index (Phi) is 4.34. The van der Waals surface area contributed by atoms with Crippen molar-refractivity contribution in [3.05, 3.63) is 65.0 Å². The van der Waals surface area contributed by atoms with Gasteiger partial charge in [0.25, 0.3) is 0 Å². The molecule has 3 aromatic rings. The molecule has 0 unspecified atom stereocenters. The lowest BCUT2D eigenvalue weighted by molar-refractivity contribution is 0.404. The smallest absolute Gasteiger partial charge is 0.212 e. The van der Waals surface area contributed by atoms with Gasteiger partial charge in [0, 0.05) is 29.0 Å². The summed E-state index contributed by atoms with van der Waals surface area (Å²) in [4.78, 5) is 3.68. The molecule has 0 N–H and O–H groups in total. The number of pyridine rings is 1. The highest BCUT2D eigenvalue weighted by Gasteiger charge is 2.19. The molecule has 3 rings (SSSR count). The standard InChI is InChI=1S/C19H17F2NO2/c1-11-15(8-12-4-7-17(21)22-10-12)19(24-3)16-9-13(20)5-6-14(16)18(11)23-2/h4-7,9-10H,8H2,1-3H3. The van der Waals surface area contributed by atoms with Crippen LogP contribution in [0.2, 0.25) is 0 Å². The number of fused-ring (bicyclic) bond motifs is 1. The van der Waals surface area contributed by atoms with Gasteiger partial charge in [0.2, 0.25) is 5.95 Å². The zero-order chi connectivity index (χ0) is 17.3. The largest absolute Gasteiger partial charge is 0.496 e. The molecular weight excluding hydrogens is 312 g/mol. The van der Waals surface area contributed by atoms with Gasteiger partial charge in [-0.15, -0.1) is 0 Å². The van der Waals surface area contributed by atoms with Crippen molar-refractivity contribution < 1.29 is 18.3 Å². The molecule has 1 heterocycles. The molecular formula is C19H17F2NO2. The van der Waals surface area contributed by atoms with Crippen molar-refractivity contribution in [1.82, 2.24) is 4.98 Å². The van der Waals surface area contributed by atoms with Crippen LogP contribution in [-0.2, 0) is 6.42 Å². The quantitative estimate of drug-likeness (QED) is 0.664. The summed E-state index contributed by atoms with van der Waals surface area (Å²) in [5.41, 5.74) is 2.59. The van der Waals surface area contributed by atoms with Crippen molar-refractivity contribution in [2.45, 2.75) is 13.3 Å². The molecule has 1 aromatic heterocycles. The van der Waals surface area contributed by atoms with Crippen LogP contribution < -0.4 is 9.47 Å². The van der Waals surface area contributed by atoms with E-state index < -0.39 is 5.95 Å². The van der Waals surface area contributed by atoms with Crippen molar-refractivity contribution in [3.8, 4) is 11.5 Å². The number of rotatable bonds is 4. The maximum Gasteiger partial charge on any atom is 0.212 e. The summed E-state index contributed by atoms with van der Waals surface area (Å²) in [7, 11) is 3.14. The molecule has 0 radical (unpaired) electrons. The van der Waals surface area contributed by atoms with E-state index in [9.17, 15) is 8.78 Å². The van der Waals surface area contributed by atoms with Crippen molar-refractivity contribution >= 4 is 10.8 Å². The summed E-state index contributed by atoms with van der Waals surface area (Å²) in [6.07, 6.45) is 1.96. The number of aromatic nitrogens is 1. The third kappa shape index (κ3) is 2.77. The molecule has 0 amide bonds.